The van der Waals surface area contributed by atoms with Crippen LogP contribution in [0.4, 0.5) is 0 Å². The Kier molecular flexibility index (Phi) is 5.37. The van der Waals surface area contributed by atoms with E-state index >= 15 is 0 Å². The summed E-state index contributed by atoms with van der Waals surface area (Å²) in [5, 5.41) is 0.714. The minimum absolute atomic E-state index is 0.0105. The van der Waals surface area contributed by atoms with Crippen LogP contribution >= 0.6 is 0 Å². The Balaban J connectivity index is 1.83. The molecule has 5 nitrogen and oxygen atoms in total. The Morgan fingerprint density at radius 3 is 2.58 bits per heavy atom. The Bertz CT molecular complexity index is 959. The van der Waals surface area contributed by atoms with Crippen molar-refractivity contribution in [2.45, 2.75) is 25.9 Å². The molecule has 0 aliphatic heterocycles. The van der Waals surface area contributed by atoms with Crippen molar-refractivity contribution in [1.82, 2.24) is 0 Å². The third-order valence-electron chi connectivity index (χ3n) is 4.30. The van der Waals surface area contributed by atoms with Crippen LogP contribution in [0, 0.1) is 0 Å². The van der Waals surface area contributed by atoms with Gasteiger partial charge in [-0.25, -0.2) is 4.79 Å². The Labute approximate surface area is 151 Å². The molecule has 0 N–H and O–H groups in total. The summed E-state index contributed by atoms with van der Waals surface area (Å²) in [5.74, 6) is -0.0544. The number of hydrogen-bond acceptors (Lipinski definition) is 5. The molecule has 3 rings (SSSR count). The fourth-order valence-electron chi connectivity index (χ4n) is 2.93. The summed E-state index contributed by atoms with van der Waals surface area (Å²) in [6, 6.07) is 16.1. The van der Waals surface area contributed by atoms with Crippen molar-refractivity contribution in [2.75, 3.05) is 7.11 Å². The number of benzene rings is 2. The van der Waals surface area contributed by atoms with E-state index in [9.17, 15) is 9.59 Å². The van der Waals surface area contributed by atoms with Crippen molar-refractivity contribution >= 4 is 16.9 Å². The van der Waals surface area contributed by atoms with Crippen LogP contribution in [0.1, 0.15) is 30.4 Å². The zero-order valence-corrected chi connectivity index (χ0v) is 14.7. The Hall–Kier alpha value is -3.08. The second-order valence-electron chi connectivity index (χ2n) is 5.93. The van der Waals surface area contributed by atoms with E-state index < -0.39 is 5.63 Å². The first-order chi connectivity index (χ1) is 12.6. The number of rotatable bonds is 6. The molecule has 0 saturated heterocycles. The average Bonchev–Trinajstić information content (AvgIpc) is 2.66. The van der Waals surface area contributed by atoms with E-state index in [0.717, 1.165) is 5.56 Å². The van der Waals surface area contributed by atoms with E-state index in [1.54, 1.807) is 25.3 Å². The summed E-state index contributed by atoms with van der Waals surface area (Å²) in [6.07, 6.45) is 0.637. The van der Waals surface area contributed by atoms with Crippen LogP contribution in [-0.2, 0) is 16.1 Å². The molecular weight excluding hydrogens is 332 g/mol. The summed E-state index contributed by atoms with van der Waals surface area (Å²) in [5.41, 5.74) is 1.43. The molecule has 134 valence electrons. The average molecular weight is 352 g/mol. The third kappa shape index (κ3) is 3.77. The van der Waals surface area contributed by atoms with Crippen LogP contribution in [0.3, 0.4) is 0 Å². The summed E-state index contributed by atoms with van der Waals surface area (Å²) >= 11 is 0. The van der Waals surface area contributed by atoms with Gasteiger partial charge < -0.3 is 13.9 Å². The molecule has 0 spiro atoms. The van der Waals surface area contributed by atoms with E-state index in [0.29, 0.717) is 28.7 Å². The maximum atomic E-state index is 12.5. The van der Waals surface area contributed by atoms with E-state index in [4.69, 9.17) is 13.9 Å². The molecule has 0 aliphatic carbocycles. The number of fused-ring (bicyclic) bond motifs is 1. The third-order valence-corrected chi connectivity index (χ3v) is 4.30. The monoisotopic (exact) mass is 352 g/mol. The Morgan fingerprint density at radius 2 is 1.88 bits per heavy atom. The summed E-state index contributed by atoms with van der Waals surface area (Å²) in [4.78, 5) is 24.3. The van der Waals surface area contributed by atoms with Gasteiger partial charge in [-0.1, -0.05) is 37.3 Å². The van der Waals surface area contributed by atoms with Crippen molar-refractivity contribution in [3.05, 3.63) is 76.1 Å². The number of methoxy groups -OCH3 is 1. The highest BCUT2D eigenvalue weighted by Gasteiger charge is 2.20. The quantitative estimate of drug-likeness (QED) is 0.495. The predicted molar refractivity (Wildman–Crippen MR) is 98.3 cm³/mol. The van der Waals surface area contributed by atoms with E-state index in [1.807, 2.05) is 37.3 Å². The minimum Gasteiger partial charge on any atom is -0.497 e. The largest absolute Gasteiger partial charge is 0.497 e. The predicted octanol–water partition coefficient (Wildman–Crippen LogP) is 4.04. The van der Waals surface area contributed by atoms with E-state index in [2.05, 4.69) is 0 Å². The SMILES string of the molecule is CC[C@@H](C(=O)OCc1cc(=O)oc2cc(OC)ccc12)c1ccccc1. The fourth-order valence-corrected chi connectivity index (χ4v) is 2.93. The summed E-state index contributed by atoms with van der Waals surface area (Å²) < 4.78 is 15.9. The molecule has 0 fully saturated rings. The lowest BCUT2D eigenvalue weighted by Crippen LogP contribution is -2.16. The maximum Gasteiger partial charge on any atom is 0.336 e. The first-order valence-electron chi connectivity index (χ1n) is 8.44. The van der Waals surface area contributed by atoms with E-state index in [1.165, 1.54) is 6.07 Å². The van der Waals surface area contributed by atoms with Gasteiger partial charge in [0.15, 0.2) is 0 Å². The molecule has 1 heterocycles. The summed E-state index contributed by atoms with van der Waals surface area (Å²) in [6.45, 7) is 1.95. The second kappa shape index (κ2) is 7.87. The van der Waals surface area contributed by atoms with Crippen LogP contribution < -0.4 is 10.4 Å². The molecule has 0 saturated carbocycles. The lowest BCUT2D eigenvalue weighted by Gasteiger charge is -2.15. The molecule has 0 bridgehead atoms. The first-order valence-corrected chi connectivity index (χ1v) is 8.44. The number of hydrogen-bond donors (Lipinski definition) is 0. The number of esters is 1. The minimum atomic E-state index is -0.494. The zero-order chi connectivity index (χ0) is 18.5. The second-order valence-corrected chi connectivity index (χ2v) is 5.93. The molecule has 0 amide bonds. The van der Waals surface area contributed by atoms with Gasteiger partial charge in [0, 0.05) is 23.1 Å². The molecule has 0 aliphatic rings. The zero-order valence-electron chi connectivity index (χ0n) is 14.7. The van der Waals surface area contributed by atoms with Crippen molar-refractivity contribution in [3.8, 4) is 5.75 Å². The first kappa shape index (κ1) is 17.7. The van der Waals surface area contributed by atoms with Crippen molar-refractivity contribution < 1.29 is 18.7 Å². The van der Waals surface area contributed by atoms with Gasteiger partial charge in [-0.2, -0.15) is 0 Å². The Morgan fingerprint density at radius 1 is 1.12 bits per heavy atom. The maximum absolute atomic E-state index is 12.5. The molecule has 5 heteroatoms. The van der Waals surface area contributed by atoms with Crippen LogP contribution in [0.15, 0.2) is 63.8 Å². The summed E-state index contributed by atoms with van der Waals surface area (Å²) in [7, 11) is 1.54. The van der Waals surface area contributed by atoms with Crippen LogP contribution in [0.2, 0.25) is 0 Å². The molecule has 1 atom stereocenters. The highest BCUT2D eigenvalue weighted by Crippen LogP contribution is 2.25. The standard InChI is InChI=1S/C21H20O5/c1-3-17(14-7-5-4-6-8-14)21(23)25-13-15-11-20(22)26-19-12-16(24-2)9-10-18(15)19/h4-12,17H,3,13H2,1-2H3/t17-/m1/s1. The van der Waals surface area contributed by atoms with Gasteiger partial charge in [0.05, 0.1) is 13.0 Å². The molecule has 1 aromatic heterocycles. The topological polar surface area (TPSA) is 65.7 Å². The van der Waals surface area contributed by atoms with Gasteiger partial charge >= 0.3 is 11.6 Å². The van der Waals surface area contributed by atoms with Gasteiger partial charge in [-0.15, -0.1) is 0 Å². The lowest BCUT2D eigenvalue weighted by molar-refractivity contribution is -0.146. The van der Waals surface area contributed by atoms with Gasteiger partial charge in [-0.05, 0) is 24.1 Å². The van der Waals surface area contributed by atoms with Gasteiger partial charge in [0.25, 0.3) is 0 Å². The highest BCUT2D eigenvalue weighted by atomic mass is 16.5. The molecule has 2 aromatic carbocycles. The fraction of sp³-hybridized carbons (Fsp3) is 0.238. The molecule has 3 aromatic rings. The van der Waals surface area contributed by atoms with Crippen LogP contribution in [-0.4, -0.2) is 13.1 Å². The van der Waals surface area contributed by atoms with E-state index in [-0.39, 0.29) is 18.5 Å². The van der Waals surface area contributed by atoms with Crippen molar-refractivity contribution in [1.29, 1.82) is 0 Å². The van der Waals surface area contributed by atoms with Crippen molar-refractivity contribution in [2.24, 2.45) is 0 Å². The lowest BCUT2D eigenvalue weighted by atomic mass is 9.97. The molecule has 26 heavy (non-hydrogen) atoms. The highest BCUT2D eigenvalue weighted by molar-refractivity contribution is 5.82. The van der Waals surface area contributed by atoms with Crippen LogP contribution in [0.25, 0.3) is 11.0 Å². The smallest absolute Gasteiger partial charge is 0.336 e. The molecule has 0 radical (unpaired) electrons. The molecular formula is C21H20O5. The van der Waals surface area contributed by atoms with Gasteiger partial charge in [0.1, 0.15) is 17.9 Å². The van der Waals surface area contributed by atoms with Crippen LogP contribution in [0.5, 0.6) is 5.75 Å². The molecule has 0 unspecified atom stereocenters. The van der Waals surface area contributed by atoms with Gasteiger partial charge in [0.2, 0.25) is 0 Å². The normalized spacial score (nSPS) is 11.9. The number of ether oxygens (including phenoxy) is 2. The van der Waals surface area contributed by atoms with Crippen molar-refractivity contribution in [3.63, 3.8) is 0 Å². The number of carbonyl (C=O) groups is 1. The number of carbonyl (C=O) groups excluding carboxylic acids is 1. The van der Waals surface area contributed by atoms with Gasteiger partial charge in [-0.3, -0.25) is 4.79 Å².